The molecule has 2 aromatic heterocycles. The third kappa shape index (κ3) is 2.83. The molecule has 3 aromatic rings. The van der Waals surface area contributed by atoms with Crippen LogP contribution in [0.3, 0.4) is 0 Å². The fourth-order valence-electron chi connectivity index (χ4n) is 3.94. The number of fused-ring (bicyclic) bond motifs is 1. The minimum atomic E-state index is -4.33. The van der Waals surface area contributed by atoms with Crippen LogP contribution >= 0.6 is 0 Å². The Morgan fingerprint density at radius 2 is 1.81 bits per heavy atom. The molecule has 1 atom stereocenters. The van der Waals surface area contributed by atoms with Crippen molar-refractivity contribution >= 4 is 16.9 Å². The zero-order chi connectivity index (χ0) is 19.4. The second kappa shape index (κ2) is 5.94. The van der Waals surface area contributed by atoms with Crippen LogP contribution in [0.15, 0.2) is 30.5 Å². The third-order valence-electron chi connectivity index (χ3n) is 5.41. The molecular formula is C19H20F3N5. The monoisotopic (exact) mass is 375 g/mol. The summed E-state index contributed by atoms with van der Waals surface area (Å²) < 4.78 is 40.5. The van der Waals surface area contributed by atoms with Gasteiger partial charge < -0.3 is 4.90 Å². The summed E-state index contributed by atoms with van der Waals surface area (Å²) in [5, 5.41) is 5.14. The van der Waals surface area contributed by atoms with E-state index < -0.39 is 17.3 Å². The van der Waals surface area contributed by atoms with Gasteiger partial charge in [0.2, 0.25) is 0 Å². The van der Waals surface area contributed by atoms with E-state index in [1.807, 2.05) is 14.0 Å². The minimum Gasteiger partial charge on any atom is -0.346 e. The molecule has 142 valence electrons. The van der Waals surface area contributed by atoms with Crippen molar-refractivity contribution in [1.29, 1.82) is 0 Å². The standard InChI is InChI=1S/C19H20F3N5/c1-12-24-16-15(11-23-26(16)3)17(25-12)27-10-4-9-18(27,2)13-5-7-14(8-6-13)19(20,21)22/h5-8,11H,4,9-10H2,1-3H3. The summed E-state index contributed by atoms with van der Waals surface area (Å²) in [6, 6.07) is 5.47. The molecule has 0 bridgehead atoms. The molecule has 3 heterocycles. The fourth-order valence-corrected chi connectivity index (χ4v) is 3.94. The van der Waals surface area contributed by atoms with Gasteiger partial charge in [-0.3, -0.25) is 4.68 Å². The van der Waals surface area contributed by atoms with Crippen molar-refractivity contribution in [3.63, 3.8) is 0 Å². The maximum Gasteiger partial charge on any atom is 0.416 e. The number of aromatic nitrogens is 4. The first kappa shape index (κ1) is 17.8. The highest BCUT2D eigenvalue weighted by molar-refractivity contribution is 5.87. The zero-order valence-corrected chi connectivity index (χ0v) is 15.4. The first-order chi connectivity index (χ1) is 12.7. The lowest BCUT2D eigenvalue weighted by atomic mass is 9.88. The average molecular weight is 375 g/mol. The summed E-state index contributed by atoms with van der Waals surface area (Å²) >= 11 is 0. The summed E-state index contributed by atoms with van der Waals surface area (Å²) in [4.78, 5) is 11.3. The highest BCUT2D eigenvalue weighted by Crippen LogP contribution is 2.43. The molecule has 5 nitrogen and oxygen atoms in total. The van der Waals surface area contributed by atoms with Crippen molar-refractivity contribution in [2.24, 2.45) is 7.05 Å². The van der Waals surface area contributed by atoms with Gasteiger partial charge in [0.15, 0.2) is 5.65 Å². The van der Waals surface area contributed by atoms with Gasteiger partial charge in [-0.25, -0.2) is 9.97 Å². The quantitative estimate of drug-likeness (QED) is 0.673. The van der Waals surface area contributed by atoms with Gasteiger partial charge in [0.25, 0.3) is 0 Å². The second-order valence-electron chi connectivity index (χ2n) is 7.20. The SMILES string of the molecule is Cc1nc(N2CCCC2(C)c2ccc(C(F)(F)F)cc2)c2cnn(C)c2n1. The molecule has 4 rings (SSSR count). The van der Waals surface area contributed by atoms with E-state index in [4.69, 9.17) is 0 Å². The van der Waals surface area contributed by atoms with E-state index in [9.17, 15) is 13.2 Å². The van der Waals surface area contributed by atoms with E-state index in [1.54, 1.807) is 23.0 Å². The van der Waals surface area contributed by atoms with Crippen molar-refractivity contribution in [1.82, 2.24) is 19.7 Å². The van der Waals surface area contributed by atoms with Crippen molar-refractivity contribution in [3.8, 4) is 0 Å². The molecule has 1 aliphatic rings. The smallest absolute Gasteiger partial charge is 0.346 e. The van der Waals surface area contributed by atoms with E-state index in [2.05, 4.69) is 26.9 Å². The average Bonchev–Trinajstić information content (AvgIpc) is 3.18. The second-order valence-corrected chi connectivity index (χ2v) is 7.20. The van der Waals surface area contributed by atoms with Crippen molar-refractivity contribution in [3.05, 3.63) is 47.4 Å². The number of benzene rings is 1. The Bertz CT molecular complexity index is 993. The Kier molecular flexibility index (Phi) is 3.90. The lowest BCUT2D eigenvalue weighted by Gasteiger charge is -2.37. The largest absolute Gasteiger partial charge is 0.416 e. The van der Waals surface area contributed by atoms with Crippen LogP contribution in [0.25, 0.3) is 11.0 Å². The number of hydrogen-bond acceptors (Lipinski definition) is 4. The van der Waals surface area contributed by atoms with E-state index in [0.29, 0.717) is 5.82 Å². The fraction of sp³-hybridized carbons (Fsp3) is 0.421. The molecule has 1 aromatic carbocycles. The van der Waals surface area contributed by atoms with Crippen LogP contribution < -0.4 is 4.90 Å². The van der Waals surface area contributed by atoms with E-state index in [0.717, 1.165) is 53.9 Å². The van der Waals surface area contributed by atoms with Crippen LogP contribution in [-0.4, -0.2) is 26.3 Å². The molecule has 0 radical (unpaired) electrons. The Balaban J connectivity index is 1.80. The molecule has 0 saturated carbocycles. The van der Waals surface area contributed by atoms with E-state index in [-0.39, 0.29) is 0 Å². The topological polar surface area (TPSA) is 46.8 Å². The van der Waals surface area contributed by atoms with Gasteiger partial charge in [0.05, 0.1) is 22.7 Å². The number of nitrogens with zero attached hydrogens (tertiary/aromatic N) is 5. The molecule has 27 heavy (non-hydrogen) atoms. The van der Waals surface area contributed by atoms with Crippen LogP contribution in [-0.2, 0) is 18.8 Å². The highest BCUT2D eigenvalue weighted by Gasteiger charge is 2.40. The van der Waals surface area contributed by atoms with Gasteiger partial charge >= 0.3 is 6.18 Å². The number of alkyl halides is 3. The van der Waals surface area contributed by atoms with Crippen LogP contribution in [0, 0.1) is 6.92 Å². The Morgan fingerprint density at radius 3 is 2.48 bits per heavy atom. The van der Waals surface area contributed by atoms with Gasteiger partial charge in [0.1, 0.15) is 11.6 Å². The number of aryl methyl sites for hydroxylation is 2. The van der Waals surface area contributed by atoms with Gasteiger partial charge in [-0.2, -0.15) is 18.3 Å². The number of rotatable bonds is 2. The lowest BCUT2D eigenvalue weighted by Crippen LogP contribution is -2.39. The van der Waals surface area contributed by atoms with Crippen LogP contribution in [0.1, 0.15) is 36.7 Å². The summed E-state index contributed by atoms with van der Waals surface area (Å²) in [6.45, 7) is 4.67. The van der Waals surface area contributed by atoms with Crippen molar-refractivity contribution in [2.75, 3.05) is 11.4 Å². The molecule has 1 aliphatic heterocycles. The Hall–Kier alpha value is -2.64. The number of halogens is 3. The van der Waals surface area contributed by atoms with Gasteiger partial charge in [-0.1, -0.05) is 12.1 Å². The van der Waals surface area contributed by atoms with E-state index in [1.165, 1.54) is 0 Å². The molecule has 0 amide bonds. The predicted octanol–water partition coefficient (Wildman–Crippen LogP) is 4.21. The normalized spacial score (nSPS) is 20.6. The first-order valence-corrected chi connectivity index (χ1v) is 8.82. The molecule has 1 saturated heterocycles. The highest BCUT2D eigenvalue weighted by atomic mass is 19.4. The Labute approximate surface area is 154 Å². The van der Waals surface area contributed by atoms with Crippen molar-refractivity contribution < 1.29 is 13.2 Å². The van der Waals surface area contributed by atoms with Gasteiger partial charge in [-0.05, 0) is 44.4 Å². The lowest BCUT2D eigenvalue weighted by molar-refractivity contribution is -0.137. The summed E-state index contributed by atoms with van der Waals surface area (Å²) in [6.07, 6.45) is -0.818. The predicted molar refractivity (Wildman–Crippen MR) is 96.4 cm³/mol. The third-order valence-corrected chi connectivity index (χ3v) is 5.41. The number of hydrogen-bond donors (Lipinski definition) is 0. The summed E-state index contributed by atoms with van der Waals surface area (Å²) in [5.41, 5.74) is 0.528. The number of anilines is 1. The summed E-state index contributed by atoms with van der Waals surface area (Å²) in [7, 11) is 1.83. The van der Waals surface area contributed by atoms with Crippen LogP contribution in [0.5, 0.6) is 0 Å². The molecular weight excluding hydrogens is 355 g/mol. The summed E-state index contributed by atoms with van der Waals surface area (Å²) in [5.74, 6) is 1.42. The minimum absolute atomic E-state index is 0.437. The maximum atomic E-state index is 12.9. The van der Waals surface area contributed by atoms with Crippen LogP contribution in [0.2, 0.25) is 0 Å². The maximum absolute atomic E-state index is 12.9. The molecule has 0 aliphatic carbocycles. The first-order valence-electron chi connectivity index (χ1n) is 8.82. The van der Waals surface area contributed by atoms with Crippen molar-refractivity contribution in [2.45, 2.75) is 38.4 Å². The molecule has 8 heteroatoms. The van der Waals surface area contributed by atoms with Gasteiger partial charge in [-0.15, -0.1) is 0 Å². The molecule has 0 N–H and O–H groups in total. The zero-order valence-electron chi connectivity index (χ0n) is 15.4. The van der Waals surface area contributed by atoms with Gasteiger partial charge in [0, 0.05) is 13.6 Å². The molecule has 0 spiro atoms. The van der Waals surface area contributed by atoms with E-state index >= 15 is 0 Å². The van der Waals surface area contributed by atoms with Crippen LogP contribution in [0.4, 0.5) is 19.0 Å². The Morgan fingerprint density at radius 1 is 1.11 bits per heavy atom. The molecule has 1 unspecified atom stereocenters. The molecule has 1 fully saturated rings.